The van der Waals surface area contributed by atoms with Crippen LogP contribution in [0.25, 0.3) is 0 Å². The summed E-state index contributed by atoms with van der Waals surface area (Å²) < 4.78 is 0. The number of carbonyl (C=O) groups is 1. The van der Waals surface area contributed by atoms with Gasteiger partial charge in [-0.05, 0) is 49.9 Å². The standard InChI is InChI=1S/C19H32O/c1-2-14-7-5-6-10-18(14)19(20)17-12-11-15-8-3-4-9-16(15)13-17/h14-18H,2-13H2,1H3. The van der Waals surface area contributed by atoms with Crippen molar-refractivity contribution in [2.75, 3.05) is 0 Å². The molecule has 3 fully saturated rings. The van der Waals surface area contributed by atoms with Crippen LogP contribution in [0.1, 0.15) is 84.0 Å². The minimum Gasteiger partial charge on any atom is -0.299 e. The van der Waals surface area contributed by atoms with Crippen molar-refractivity contribution in [2.45, 2.75) is 84.0 Å². The summed E-state index contributed by atoms with van der Waals surface area (Å²) in [4.78, 5) is 13.0. The van der Waals surface area contributed by atoms with Crippen LogP contribution in [-0.2, 0) is 4.79 Å². The summed E-state index contributed by atoms with van der Waals surface area (Å²) in [7, 11) is 0. The minimum absolute atomic E-state index is 0.430. The Morgan fingerprint density at radius 3 is 2.35 bits per heavy atom. The van der Waals surface area contributed by atoms with Gasteiger partial charge in [0.1, 0.15) is 5.78 Å². The van der Waals surface area contributed by atoms with Gasteiger partial charge in [-0.3, -0.25) is 4.79 Å². The first-order valence-electron chi connectivity index (χ1n) is 9.33. The van der Waals surface area contributed by atoms with E-state index in [9.17, 15) is 4.79 Å². The highest BCUT2D eigenvalue weighted by molar-refractivity contribution is 5.84. The van der Waals surface area contributed by atoms with Gasteiger partial charge in [-0.15, -0.1) is 0 Å². The van der Waals surface area contributed by atoms with E-state index in [1.165, 1.54) is 77.0 Å². The van der Waals surface area contributed by atoms with Crippen LogP contribution in [0.15, 0.2) is 0 Å². The Morgan fingerprint density at radius 1 is 0.850 bits per heavy atom. The average Bonchev–Trinajstić information content (AvgIpc) is 2.53. The second-order valence-electron chi connectivity index (χ2n) is 7.78. The molecule has 0 amide bonds. The Balaban J connectivity index is 1.61. The molecule has 1 nitrogen and oxygen atoms in total. The number of hydrogen-bond donors (Lipinski definition) is 0. The summed E-state index contributed by atoms with van der Waals surface area (Å²) in [5.41, 5.74) is 0. The molecule has 114 valence electrons. The predicted octanol–water partition coefficient (Wildman–Crippen LogP) is 5.38. The van der Waals surface area contributed by atoms with Gasteiger partial charge in [-0.25, -0.2) is 0 Å². The topological polar surface area (TPSA) is 17.1 Å². The molecule has 0 bridgehead atoms. The largest absolute Gasteiger partial charge is 0.299 e. The first kappa shape index (κ1) is 14.6. The molecule has 0 aromatic rings. The van der Waals surface area contributed by atoms with E-state index in [0.29, 0.717) is 23.5 Å². The van der Waals surface area contributed by atoms with Gasteiger partial charge >= 0.3 is 0 Å². The van der Waals surface area contributed by atoms with Crippen LogP contribution in [0.3, 0.4) is 0 Å². The third kappa shape index (κ3) is 2.97. The zero-order chi connectivity index (χ0) is 13.9. The summed E-state index contributed by atoms with van der Waals surface area (Å²) in [6.07, 6.45) is 15.9. The molecule has 3 aliphatic rings. The molecule has 3 aliphatic carbocycles. The lowest BCUT2D eigenvalue weighted by Crippen LogP contribution is -2.37. The highest BCUT2D eigenvalue weighted by atomic mass is 16.1. The van der Waals surface area contributed by atoms with Gasteiger partial charge in [-0.2, -0.15) is 0 Å². The van der Waals surface area contributed by atoms with Crippen molar-refractivity contribution in [3.63, 3.8) is 0 Å². The van der Waals surface area contributed by atoms with Gasteiger partial charge in [0.05, 0.1) is 0 Å². The first-order valence-corrected chi connectivity index (χ1v) is 9.33. The zero-order valence-corrected chi connectivity index (χ0v) is 13.3. The Kier molecular flexibility index (Phi) is 4.83. The lowest BCUT2D eigenvalue weighted by molar-refractivity contribution is -0.132. The van der Waals surface area contributed by atoms with Crippen LogP contribution in [0.4, 0.5) is 0 Å². The smallest absolute Gasteiger partial charge is 0.139 e. The molecule has 0 saturated heterocycles. The second-order valence-corrected chi connectivity index (χ2v) is 7.78. The molecule has 0 spiro atoms. The molecule has 1 heteroatoms. The molecule has 0 aromatic carbocycles. The average molecular weight is 276 g/mol. The molecule has 3 rings (SSSR count). The van der Waals surface area contributed by atoms with Gasteiger partial charge < -0.3 is 0 Å². The van der Waals surface area contributed by atoms with Gasteiger partial charge in [0, 0.05) is 11.8 Å². The maximum absolute atomic E-state index is 13.0. The van der Waals surface area contributed by atoms with E-state index in [0.717, 1.165) is 11.8 Å². The summed E-state index contributed by atoms with van der Waals surface area (Å²) in [6.45, 7) is 2.29. The molecule has 3 saturated carbocycles. The summed E-state index contributed by atoms with van der Waals surface area (Å²) in [5, 5.41) is 0. The van der Waals surface area contributed by atoms with Gasteiger partial charge in [0.25, 0.3) is 0 Å². The van der Waals surface area contributed by atoms with Crippen LogP contribution in [0.5, 0.6) is 0 Å². The third-order valence-corrected chi connectivity index (χ3v) is 6.74. The number of fused-ring (bicyclic) bond motifs is 1. The Hall–Kier alpha value is -0.330. The van der Waals surface area contributed by atoms with Crippen molar-refractivity contribution >= 4 is 5.78 Å². The van der Waals surface area contributed by atoms with E-state index < -0.39 is 0 Å². The van der Waals surface area contributed by atoms with E-state index in [4.69, 9.17) is 0 Å². The van der Waals surface area contributed by atoms with Gasteiger partial charge in [-0.1, -0.05) is 51.9 Å². The quantitative estimate of drug-likeness (QED) is 0.676. The maximum atomic E-state index is 13.0. The number of hydrogen-bond acceptors (Lipinski definition) is 1. The second kappa shape index (κ2) is 6.62. The molecule has 5 unspecified atom stereocenters. The highest BCUT2D eigenvalue weighted by Gasteiger charge is 2.39. The normalized spacial score (nSPS) is 42.0. The van der Waals surface area contributed by atoms with Gasteiger partial charge in [0.15, 0.2) is 0 Å². The van der Waals surface area contributed by atoms with Crippen molar-refractivity contribution in [3.8, 4) is 0 Å². The molecular weight excluding hydrogens is 244 g/mol. The molecule has 0 aliphatic heterocycles. The highest BCUT2D eigenvalue weighted by Crippen LogP contribution is 2.45. The Morgan fingerprint density at radius 2 is 1.55 bits per heavy atom. The van der Waals surface area contributed by atoms with Crippen LogP contribution < -0.4 is 0 Å². The number of rotatable bonds is 3. The molecule has 0 radical (unpaired) electrons. The fraction of sp³-hybridized carbons (Fsp3) is 0.947. The summed E-state index contributed by atoms with van der Waals surface area (Å²) in [5.74, 6) is 4.13. The minimum atomic E-state index is 0.430. The van der Waals surface area contributed by atoms with Crippen molar-refractivity contribution in [1.29, 1.82) is 0 Å². The molecular formula is C19H32O. The zero-order valence-electron chi connectivity index (χ0n) is 13.3. The molecule has 0 heterocycles. The van der Waals surface area contributed by atoms with E-state index in [2.05, 4.69) is 6.92 Å². The fourth-order valence-corrected chi connectivity index (χ4v) is 5.51. The van der Waals surface area contributed by atoms with Gasteiger partial charge in [0.2, 0.25) is 0 Å². The fourth-order valence-electron chi connectivity index (χ4n) is 5.51. The van der Waals surface area contributed by atoms with E-state index >= 15 is 0 Å². The van der Waals surface area contributed by atoms with Crippen LogP contribution in [0, 0.1) is 29.6 Å². The first-order chi connectivity index (χ1) is 9.79. The van der Waals surface area contributed by atoms with Crippen LogP contribution in [0.2, 0.25) is 0 Å². The summed E-state index contributed by atoms with van der Waals surface area (Å²) >= 11 is 0. The van der Waals surface area contributed by atoms with Crippen molar-refractivity contribution in [2.24, 2.45) is 29.6 Å². The monoisotopic (exact) mass is 276 g/mol. The summed E-state index contributed by atoms with van der Waals surface area (Å²) in [6, 6.07) is 0. The molecule has 5 atom stereocenters. The third-order valence-electron chi connectivity index (χ3n) is 6.74. The van der Waals surface area contributed by atoms with Crippen LogP contribution in [-0.4, -0.2) is 5.78 Å². The van der Waals surface area contributed by atoms with Crippen LogP contribution >= 0.6 is 0 Å². The number of carbonyl (C=O) groups excluding carboxylic acids is 1. The van der Waals surface area contributed by atoms with E-state index in [-0.39, 0.29) is 0 Å². The SMILES string of the molecule is CCC1CCCCC1C(=O)C1CCC2CCCCC2C1. The number of Topliss-reactive ketones (excluding diaryl/α,β-unsaturated/α-hetero) is 1. The molecule has 20 heavy (non-hydrogen) atoms. The lowest BCUT2D eigenvalue weighted by atomic mass is 9.64. The maximum Gasteiger partial charge on any atom is 0.139 e. The van der Waals surface area contributed by atoms with E-state index in [1.54, 1.807) is 0 Å². The molecule has 0 N–H and O–H groups in total. The lowest BCUT2D eigenvalue weighted by Gasteiger charge is -2.41. The number of ketones is 1. The van der Waals surface area contributed by atoms with E-state index in [1.807, 2.05) is 0 Å². The predicted molar refractivity (Wildman–Crippen MR) is 83.5 cm³/mol. The Labute approximate surface area is 124 Å². The van der Waals surface area contributed by atoms with Crippen molar-refractivity contribution < 1.29 is 4.79 Å². The molecule has 0 aromatic heterocycles. The van der Waals surface area contributed by atoms with Crippen molar-refractivity contribution in [3.05, 3.63) is 0 Å². The van der Waals surface area contributed by atoms with Crippen molar-refractivity contribution in [1.82, 2.24) is 0 Å². The Bertz CT molecular complexity index is 335.